The van der Waals surface area contributed by atoms with Crippen molar-refractivity contribution in [3.05, 3.63) is 47.5 Å². The Morgan fingerprint density at radius 1 is 0.667 bits per heavy atom. The van der Waals surface area contributed by atoms with E-state index >= 15 is 0 Å². The highest BCUT2D eigenvalue weighted by atomic mass is 35.5. The summed E-state index contributed by atoms with van der Waals surface area (Å²) in [5, 5.41) is 19.4. The summed E-state index contributed by atoms with van der Waals surface area (Å²) in [4.78, 5) is 0. The molecular formula is C13H18Cl4N2O2. The van der Waals surface area contributed by atoms with Crippen molar-refractivity contribution in [2.24, 2.45) is 0 Å². The van der Waals surface area contributed by atoms with Crippen LogP contribution in [0.2, 0.25) is 0 Å². The molecule has 2 rings (SSSR count). The summed E-state index contributed by atoms with van der Waals surface area (Å²) in [6, 6.07) is 9.67. The molecule has 2 aromatic carbocycles. The van der Waals surface area contributed by atoms with E-state index in [2.05, 4.69) is 0 Å². The van der Waals surface area contributed by atoms with Crippen molar-refractivity contribution in [1.29, 1.82) is 0 Å². The molecular weight excluding hydrogens is 358 g/mol. The van der Waals surface area contributed by atoms with Gasteiger partial charge in [-0.3, -0.25) is 0 Å². The topological polar surface area (TPSA) is 92.5 Å². The fourth-order valence-electron chi connectivity index (χ4n) is 1.70. The second-order valence-electron chi connectivity index (χ2n) is 3.95. The van der Waals surface area contributed by atoms with Gasteiger partial charge < -0.3 is 21.7 Å². The summed E-state index contributed by atoms with van der Waals surface area (Å²) >= 11 is 0. The third-order valence-electron chi connectivity index (χ3n) is 2.59. The summed E-state index contributed by atoms with van der Waals surface area (Å²) < 4.78 is 0. The van der Waals surface area contributed by atoms with Gasteiger partial charge in [-0.15, -0.1) is 49.6 Å². The quantitative estimate of drug-likeness (QED) is 0.477. The molecule has 0 aliphatic rings. The Labute approximate surface area is 148 Å². The normalized spacial score (nSPS) is 8.38. The van der Waals surface area contributed by atoms with E-state index in [9.17, 15) is 10.2 Å². The average Bonchev–Trinajstić information content (AvgIpc) is 2.28. The molecule has 0 unspecified atom stereocenters. The van der Waals surface area contributed by atoms with Gasteiger partial charge >= 0.3 is 0 Å². The number of halogens is 4. The fraction of sp³-hybridized carbons (Fsp3) is 0.0769. The Bertz CT molecular complexity index is 518. The summed E-state index contributed by atoms with van der Waals surface area (Å²) in [5.41, 5.74) is 13.8. The minimum atomic E-state index is 0. The zero-order chi connectivity index (χ0) is 12.4. The Morgan fingerprint density at radius 3 is 1.33 bits per heavy atom. The summed E-state index contributed by atoms with van der Waals surface area (Å²) in [5.74, 6) is 0.307. The van der Waals surface area contributed by atoms with Crippen LogP contribution in [0.15, 0.2) is 36.4 Å². The standard InChI is InChI=1S/C13H14N2O2.4ClH/c14-10-1-3-12(16)8(6-10)5-9-7-11(15)2-4-13(9)17;;;;/h1-4,6-7,16-17H,5,14-15H2;4*1H. The molecule has 120 valence electrons. The third kappa shape index (κ3) is 6.40. The Kier molecular flexibility index (Phi) is 12.4. The van der Waals surface area contributed by atoms with Gasteiger partial charge in [0.05, 0.1) is 0 Å². The van der Waals surface area contributed by atoms with Crippen LogP contribution < -0.4 is 11.5 Å². The summed E-state index contributed by atoms with van der Waals surface area (Å²) in [6.07, 6.45) is 0.383. The Morgan fingerprint density at radius 2 is 1.00 bits per heavy atom. The van der Waals surface area contributed by atoms with Gasteiger partial charge in [-0.2, -0.15) is 0 Å². The van der Waals surface area contributed by atoms with E-state index in [1.807, 2.05) is 0 Å². The largest absolute Gasteiger partial charge is 0.508 e. The molecule has 0 aromatic heterocycles. The van der Waals surface area contributed by atoms with Gasteiger partial charge in [-0.25, -0.2) is 0 Å². The van der Waals surface area contributed by atoms with Crippen molar-refractivity contribution in [2.75, 3.05) is 11.5 Å². The van der Waals surface area contributed by atoms with E-state index in [-0.39, 0.29) is 61.1 Å². The zero-order valence-electron chi connectivity index (χ0n) is 10.9. The zero-order valence-corrected chi connectivity index (χ0v) is 14.1. The SMILES string of the molecule is Cl.Cl.Cl.Cl.Nc1ccc(O)c(Cc2cc(N)ccc2O)c1. The fourth-order valence-corrected chi connectivity index (χ4v) is 1.70. The molecule has 0 aliphatic heterocycles. The number of phenols is 2. The minimum Gasteiger partial charge on any atom is -0.508 e. The lowest BCUT2D eigenvalue weighted by Crippen LogP contribution is -1.94. The van der Waals surface area contributed by atoms with E-state index in [1.54, 1.807) is 24.3 Å². The van der Waals surface area contributed by atoms with Crippen molar-refractivity contribution in [3.8, 4) is 11.5 Å². The molecule has 0 radical (unpaired) electrons. The lowest BCUT2D eigenvalue weighted by molar-refractivity contribution is 0.463. The second kappa shape index (κ2) is 10.5. The van der Waals surface area contributed by atoms with E-state index in [0.29, 0.717) is 28.9 Å². The van der Waals surface area contributed by atoms with Crippen LogP contribution in [0, 0.1) is 0 Å². The number of nitrogen functional groups attached to an aromatic ring is 2. The van der Waals surface area contributed by atoms with Crippen LogP contribution in [-0.4, -0.2) is 10.2 Å². The van der Waals surface area contributed by atoms with E-state index in [0.717, 1.165) is 0 Å². The first kappa shape index (κ1) is 24.8. The van der Waals surface area contributed by atoms with Gasteiger partial charge in [0, 0.05) is 28.9 Å². The van der Waals surface area contributed by atoms with Gasteiger partial charge in [-0.1, -0.05) is 0 Å². The highest BCUT2D eigenvalue weighted by Gasteiger charge is 2.07. The van der Waals surface area contributed by atoms with Crippen LogP contribution in [0.3, 0.4) is 0 Å². The van der Waals surface area contributed by atoms with Gasteiger partial charge in [0.25, 0.3) is 0 Å². The predicted octanol–water partition coefficient (Wildman–Crippen LogP) is 3.54. The summed E-state index contributed by atoms with van der Waals surface area (Å²) in [7, 11) is 0. The predicted molar refractivity (Wildman–Crippen MR) is 96.8 cm³/mol. The van der Waals surface area contributed by atoms with E-state index in [1.165, 1.54) is 12.1 Å². The minimum absolute atomic E-state index is 0. The van der Waals surface area contributed by atoms with Crippen molar-refractivity contribution in [2.45, 2.75) is 6.42 Å². The number of hydrogen-bond donors (Lipinski definition) is 4. The maximum absolute atomic E-state index is 9.69. The van der Waals surface area contributed by atoms with Crippen LogP contribution in [0.1, 0.15) is 11.1 Å². The van der Waals surface area contributed by atoms with E-state index in [4.69, 9.17) is 11.5 Å². The Balaban J connectivity index is -0.000000810. The third-order valence-corrected chi connectivity index (χ3v) is 2.59. The van der Waals surface area contributed by atoms with Crippen molar-refractivity contribution in [3.63, 3.8) is 0 Å². The van der Waals surface area contributed by atoms with Gasteiger partial charge in [0.1, 0.15) is 11.5 Å². The second-order valence-corrected chi connectivity index (χ2v) is 3.95. The number of phenolic OH excluding ortho intramolecular Hbond substituents is 2. The Hall–Kier alpha value is -1.20. The molecule has 0 spiro atoms. The van der Waals surface area contributed by atoms with Crippen LogP contribution in [0.25, 0.3) is 0 Å². The van der Waals surface area contributed by atoms with Crippen molar-refractivity contribution < 1.29 is 10.2 Å². The molecule has 0 heterocycles. The van der Waals surface area contributed by atoms with Crippen molar-refractivity contribution in [1.82, 2.24) is 0 Å². The molecule has 0 aliphatic carbocycles. The lowest BCUT2D eigenvalue weighted by Gasteiger charge is -2.08. The molecule has 6 N–H and O–H groups in total. The van der Waals surface area contributed by atoms with E-state index < -0.39 is 0 Å². The molecule has 0 fully saturated rings. The van der Waals surface area contributed by atoms with Crippen LogP contribution >= 0.6 is 49.6 Å². The monoisotopic (exact) mass is 374 g/mol. The maximum Gasteiger partial charge on any atom is 0.119 e. The molecule has 0 bridgehead atoms. The first-order valence-corrected chi connectivity index (χ1v) is 5.21. The maximum atomic E-state index is 9.69. The number of hydrogen-bond acceptors (Lipinski definition) is 4. The van der Waals surface area contributed by atoms with Crippen LogP contribution in [-0.2, 0) is 6.42 Å². The molecule has 0 saturated carbocycles. The number of anilines is 2. The highest BCUT2D eigenvalue weighted by molar-refractivity contribution is 5.86. The number of rotatable bonds is 2. The lowest BCUT2D eigenvalue weighted by atomic mass is 10.0. The molecule has 8 heteroatoms. The molecule has 4 nitrogen and oxygen atoms in total. The first-order valence-electron chi connectivity index (χ1n) is 5.21. The molecule has 21 heavy (non-hydrogen) atoms. The first-order chi connectivity index (χ1) is 8.06. The number of nitrogens with two attached hydrogens (primary N) is 2. The van der Waals surface area contributed by atoms with Gasteiger partial charge in [0.15, 0.2) is 0 Å². The average molecular weight is 376 g/mol. The highest BCUT2D eigenvalue weighted by Crippen LogP contribution is 2.27. The van der Waals surface area contributed by atoms with Crippen LogP contribution in [0.4, 0.5) is 11.4 Å². The molecule has 2 aromatic rings. The van der Waals surface area contributed by atoms with Gasteiger partial charge in [-0.05, 0) is 36.4 Å². The molecule has 0 amide bonds. The van der Waals surface area contributed by atoms with Crippen LogP contribution in [0.5, 0.6) is 11.5 Å². The smallest absolute Gasteiger partial charge is 0.119 e. The number of aromatic hydroxyl groups is 2. The molecule has 0 saturated heterocycles. The van der Waals surface area contributed by atoms with Crippen molar-refractivity contribution >= 4 is 61.0 Å². The number of benzene rings is 2. The summed E-state index contributed by atoms with van der Waals surface area (Å²) in [6.45, 7) is 0. The van der Waals surface area contributed by atoms with Gasteiger partial charge in [0.2, 0.25) is 0 Å². The molecule has 0 atom stereocenters.